The SMILES string of the molecule is CC(C)c1cccc(C(C)C)c1NC(=O)Nc1ccc(Cl)cc1Cl. The minimum atomic E-state index is -0.325. The van der Waals surface area contributed by atoms with Gasteiger partial charge in [0.1, 0.15) is 0 Å². The fourth-order valence-electron chi connectivity index (χ4n) is 2.55. The molecule has 0 fully saturated rings. The van der Waals surface area contributed by atoms with E-state index in [-0.39, 0.29) is 6.03 Å². The number of benzene rings is 2. The number of nitrogens with one attached hydrogen (secondary N) is 2. The van der Waals surface area contributed by atoms with Crippen molar-refractivity contribution in [2.75, 3.05) is 10.6 Å². The Hall–Kier alpha value is -1.71. The largest absolute Gasteiger partial charge is 0.323 e. The van der Waals surface area contributed by atoms with Crippen LogP contribution in [-0.2, 0) is 0 Å². The normalized spacial score (nSPS) is 11.0. The zero-order chi connectivity index (χ0) is 17.9. The molecule has 3 nitrogen and oxygen atoms in total. The summed E-state index contributed by atoms with van der Waals surface area (Å²) in [4.78, 5) is 12.5. The van der Waals surface area contributed by atoms with Crippen LogP contribution < -0.4 is 10.6 Å². The van der Waals surface area contributed by atoms with Crippen molar-refractivity contribution in [2.24, 2.45) is 0 Å². The Morgan fingerprint density at radius 3 is 2.00 bits per heavy atom. The van der Waals surface area contributed by atoms with Crippen molar-refractivity contribution >= 4 is 40.6 Å². The van der Waals surface area contributed by atoms with Crippen molar-refractivity contribution in [3.8, 4) is 0 Å². The lowest BCUT2D eigenvalue weighted by atomic mass is 9.93. The molecule has 0 aliphatic heterocycles. The second-order valence-corrected chi connectivity index (χ2v) is 7.17. The van der Waals surface area contributed by atoms with E-state index < -0.39 is 0 Å². The summed E-state index contributed by atoms with van der Waals surface area (Å²) in [6.07, 6.45) is 0. The molecule has 0 unspecified atom stereocenters. The molecule has 0 bridgehead atoms. The molecular weight excluding hydrogens is 343 g/mol. The van der Waals surface area contributed by atoms with Crippen LogP contribution in [0.5, 0.6) is 0 Å². The van der Waals surface area contributed by atoms with Gasteiger partial charge in [-0.15, -0.1) is 0 Å². The maximum atomic E-state index is 12.5. The van der Waals surface area contributed by atoms with Crippen LogP contribution in [0.15, 0.2) is 36.4 Å². The molecule has 2 rings (SSSR count). The Labute approximate surface area is 153 Å². The van der Waals surface area contributed by atoms with Crippen molar-refractivity contribution in [1.82, 2.24) is 0 Å². The molecule has 0 saturated heterocycles. The van der Waals surface area contributed by atoms with E-state index in [4.69, 9.17) is 23.2 Å². The number of para-hydroxylation sites is 1. The van der Waals surface area contributed by atoms with Crippen LogP contribution in [0.2, 0.25) is 10.0 Å². The van der Waals surface area contributed by atoms with Crippen molar-refractivity contribution < 1.29 is 4.79 Å². The molecule has 0 atom stereocenters. The van der Waals surface area contributed by atoms with E-state index in [1.807, 2.05) is 18.2 Å². The third-order valence-corrected chi connectivity index (χ3v) is 4.34. The number of carbonyl (C=O) groups is 1. The second-order valence-electron chi connectivity index (χ2n) is 6.32. The zero-order valence-corrected chi connectivity index (χ0v) is 15.8. The average molecular weight is 365 g/mol. The van der Waals surface area contributed by atoms with Crippen LogP contribution in [-0.4, -0.2) is 6.03 Å². The highest BCUT2D eigenvalue weighted by Crippen LogP contribution is 2.33. The fourth-order valence-corrected chi connectivity index (χ4v) is 3.01. The Kier molecular flexibility index (Phi) is 6.14. The van der Waals surface area contributed by atoms with Crippen LogP contribution in [0.4, 0.5) is 16.2 Å². The van der Waals surface area contributed by atoms with E-state index >= 15 is 0 Å². The van der Waals surface area contributed by atoms with Crippen LogP contribution in [0.1, 0.15) is 50.7 Å². The summed E-state index contributed by atoms with van der Waals surface area (Å²) in [5, 5.41) is 6.70. The molecule has 0 aliphatic rings. The molecule has 0 saturated carbocycles. The molecule has 2 aromatic rings. The third kappa shape index (κ3) is 4.43. The number of amides is 2. The molecule has 2 amide bonds. The average Bonchev–Trinajstić information content (AvgIpc) is 2.49. The molecule has 0 radical (unpaired) electrons. The smallest absolute Gasteiger partial charge is 0.307 e. The summed E-state index contributed by atoms with van der Waals surface area (Å²) in [6.45, 7) is 8.44. The van der Waals surface area contributed by atoms with Gasteiger partial charge in [-0.05, 0) is 41.2 Å². The number of rotatable bonds is 4. The molecule has 24 heavy (non-hydrogen) atoms. The van der Waals surface area contributed by atoms with Gasteiger partial charge in [0.25, 0.3) is 0 Å². The Morgan fingerprint density at radius 1 is 0.917 bits per heavy atom. The van der Waals surface area contributed by atoms with E-state index in [0.29, 0.717) is 27.6 Å². The lowest BCUT2D eigenvalue weighted by Crippen LogP contribution is -2.22. The van der Waals surface area contributed by atoms with E-state index in [0.717, 1.165) is 16.8 Å². The molecule has 0 aromatic heterocycles. The van der Waals surface area contributed by atoms with E-state index in [1.165, 1.54) is 0 Å². The van der Waals surface area contributed by atoms with Crippen LogP contribution in [0.3, 0.4) is 0 Å². The summed E-state index contributed by atoms with van der Waals surface area (Å²) in [5.74, 6) is 0.608. The van der Waals surface area contributed by atoms with Gasteiger partial charge < -0.3 is 10.6 Å². The van der Waals surface area contributed by atoms with Gasteiger partial charge in [0.15, 0.2) is 0 Å². The topological polar surface area (TPSA) is 41.1 Å². The van der Waals surface area contributed by atoms with Gasteiger partial charge in [-0.2, -0.15) is 0 Å². The number of halogens is 2. The first-order valence-corrected chi connectivity index (χ1v) is 8.71. The molecule has 0 heterocycles. The predicted octanol–water partition coefficient (Wildman–Crippen LogP) is 6.88. The van der Waals surface area contributed by atoms with Gasteiger partial charge in [-0.3, -0.25) is 0 Å². The molecule has 0 aliphatic carbocycles. The summed E-state index contributed by atoms with van der Waals surface area (Å²) in [7, 11) is 0. The van der Waals surface area contributed by atoms with Crippen LogP contribution >= 0.6 is 23.2 Å². The van der Waals surface area contributed by atoms with E-state index in [2.05, 4.69) is 38.3 Å². The van der Waals surface area contributed by atoms with Gasteiger partial charge in [0, 0.05) is 10.7 Å². The van der Waals surface area contributed by atoms with Crippen molar-refractivity contribution in [3.05, 3.63) is 57.6 Å². The van der Waals surface area contributed by atoms with Gasteiger partial charge in [0.2, 0.25) is 0 Å². The summed E-state index contributed by atoms with van der Waals surface area (Å²) < 4.78 is 0. The van der Waals surface area contributed by atoms with Crippen LogP contribution in [0.25, 0.3) is 0 Å². The number of anilines is 2. The lowest BCUT2D eigenvalue weighted by molar-refractivity contribution is 0.262. The summed E-state index contributed by atoms with van der Waals surface area (Å²) >= 11 is 12.0. The third-order valence-electron chi connectivity index (χ3n) is 3.79. The highest BCUT2D eigenvalue weighted by atomic mass is 35.5. The first-order chi connectivity index (χ1) is 11.3. The van der Waals surface area contributed by atoms with Crippen molar-refractivity contribution in [3.63, 3.8) is 0 Å². The Balaban J connectivity index is 2.28. The van der Waals surface area contributed by atoms with Gasteiger partial charge in [-0.1, -0.05) is 69.1 Å². The van der Waals surface area contributed by atoms with Gasteiger partial charge in [0.05, 0.1) is 10.7 Å². The van der Waals surface area contributed by atoms with Gasteiger partial charge >= 0.3 is 6.03 Å². The molecule has 0 spiro atoms. The molecular formula is C19H22Cl2N2O. The highest BCUT2D eigenvalue weighted by Gasteiger charge is 2.16. The first-order valence-electron chi connectivity index (χ1n) is 7.95. The predicted molar refractivity (Wildman–Crippen MR) is 104 cm³/mol. The maximum Gasteiger partial charge on any atom is 0.323 e. The molecule has 2 N–H and O–H groups in total. The van der Waals surface area contributed by atoms with E-state index in [9.17, 15) is 4.79 Å². The maximum absolute atomic E-state index is 12.5. The number of hydrogen-bond donors (Lipinski definition) is 2. The fraction of sp³-hybridized carbons (Fsp3) is 0.316. The van der Waals surface area contributed by atoms with Crippen molar-refractivity contribution in [1.29, 1.82) is 0 Å². The monoisotopic (exact) mass is 364 g/mol. The number of hydrogen-bond acceptors (Lipinski definition) is 1. The Morgan fingerprint density at radius 2 is 1.50 bits per heavy atom. The van der Waals surface area contributed by atoms with Crippen molar-refractivity contribution in [2.45, 2.75) is 39.5 Å². The quantitative estimate of drug-likeness (QED) is 0.609. The number of carbonyl (C=O) groups excluding carboxylic acids is 1. The molecule has 5 heteroatoms. The summed E-state index contributed by atoms with van der Waals surface area (Å²) in [5.41, 5.74) is 3.61. The number of urea groups is 1. The summed E-state index contributed by atoms with van der Waals surface area (Å²) in [6, 6.07) is 10.8. The highest BCUT2D eigenvalue weighted by molar-refractivity contribution is 6.36. The minimum absolute atomic E-state index is 0.304. The second kappa shape index (κ2) is 7.91. The standard InChI is InChI=1S/C19H22Cl2N2O/c1-11(2)14-6-5-7-15(12(3)4)18(14)23-19(24)22-17-9-8-13(20)10-16(17)21/h5-12H,1-4H3,(H2,22,23,24). The Bertz CT molecular complexity index is 716. The van der Waals surface area contributed by atoms with Crippen LogP contribution in [0, 0.1) is 0 Å². The van der Waals surface area contributed by atoms with E-state index in [1.54, 1.807) is 18.2 Å². The molecule has 2 aromatic carbocycles. The van der Waals surface area contributed by atoms with Gasteiger partial charge in [-0.25, -0.2) is 4.79 Å². The lowest BCUT2D eigenvalue weighted by Gasteiger charge is -2.20. The minimum Gasteiger partial charge on any atom is -0.307 e. The molecule has 128 valence electrons. The first kappa shape index (κ1) is 18.6. The zero-order valence-electron chi connectivity index (χ0n) is 14.3.